The molecule has 2 aliphatic rings. The second kappa shape index (κ2) is 7.68. The molecule has 0 saturated carbocycles. The minimum absolute atomic E-state index is 0.228. The molecule has 1 atom stereocenters. The number of benzene rings is 1. The average molecular weight is 433 g/mol. The van der Waals surface area contributed by atoms with Crippen LogP contribution in [0.15, 0.2) is 41.1 Å². The third-order valence-corrected chi connectivity index (χ3v) is 6.39. The Balaban J connectivity index is 1.38. The Hall–Kier alpha value is -2.58. The van der Waals surface area contributed by atoms with Crippen LogP contribution < -0.4 is 10.2 Å². The van der Waals surface area contributed by atoms with Gasteiger partial charge in [0.2, 0.25) is 5.91 Å². The fourth-order valence-electron chi connectivity index (χ4n) is 3.71. The van der Waals surface area contributed by atoms with Gasteiger partial charge in [0.15, 0.2) is 0 Å². The minimum Gasteiger partial charge on any atom is -0.368 e. The number of imide groups is 1. The number of amides is 4. The summed E-state index contributed by atoms with van der Waals surface area (Å²) in [6, 6.07) is 8.89. The topological polar surface area (TPSA) is 73.0 Å². The lowest BCUT2D eigenvalue weighted by atomic mass is 9.95. The molecule has 0 aliphatic carbocycles. The Morgan fingerprint density at radius 2 is 1.97 bits per heavy atom. The van der Waals surface area contributed by atoms with Crippen molar-refractivity contribution in [1.29, 1.82) is 0 Å². The van der Waals surface area contributed by atoms with E-state index in [0.717, 1.165) is 16.2 Å². The summed E-state index contributed by atoms with van der Waals surface area (Å²) in [7, 11) is 0. The number of thiophene rings is 1. The first-order valence-corrected chi connectivity index (χ1v) is 10.7. The molecule has 2 aliphatic heterocycles. The number of urea groups is 1. The van der Waals surface area contributed by atoms with E-state index in [1.54, 1.807) is 11.8 Å². The average Bonchev–Trinajstić information content (AvgIpc) is 3.33. The lowest BCUT2D eigenvalue weighted by Gasteiger charge is -2.36. The number of piperazine rings is 1. The van der Waals surface area contributed by atoms with Gasteiger partial charge in [0.05, 0.1) is 0 Å². The van der Waals surface area contributed by atoms with E-state index < -0.39 is 17.5 Å². The Morgan fingerprint density at radius 3 is 2.62 bits per heavy atom. The summed E-state index contributed by atoms with van der Waals surface area (Å²) in [6.07, 6.45) is 0. The molecule has 1 unspecified atom stereocenters. The Kier molecular flexibility index (Phi) is 5.23. The monoisotopic (exact) mass is 432 g/mol. The van der Waals surface area contributed by atoms with Crippen LogP contribution in [-0.4, -0.2) is 60.4 Å². The molecule has 152 valence electrons. The van der Waals surface area contributed by atoms with E-state index in [1.165, 1.54) is 11.3 Å². The van der Waals surface area contributed by atoms with Gasteiger partial charge in [0, 0.05) is 36.9 Å². The molecule has 0 bridgehead atoms. The highest BCUT2D eigenvalue weighted by Gasteiger charge is 2.50. The van der Waals surface area contributed by atoms with Gasteiger partial charge in [0.1, 0.15) is 12.1 Å². The third-order valence-electron chi connectivity index (χ3n) is 5.47. The van der Waals surface area contributed by atoms with Crippen LogP contribution in [0, 0.1) is 0 Å². The summed E-state index contributed by atoms with van der Waals surface area (Å²) in [5, 5.41) is 7.09. The first-order chi connectivity index (χ1) is 13.9. The number of hydrogen-bond donors (Lipinski definition) is 1. The number of anilines is 1. The van der Waals surface area contributed by atoms with Gasteiger partial charge in [-0.15, -0.1) is 0 Å². The molecule has 29 heavy (non-hydrogen) atoms. The molecule has 0 spiro atoms. The molecule has 7 nitrogen and oxygen atoms in total. The van der Waals surface area contributed by atoms with Gasteiger partial charge in [-0.25, -0.2) is 4.79 Å². The number of nitrogens with one attached hydrogen (secondary N) is 1. The lowest BCUT2D eigenvalue weighted by Crippen LogP contribution is -2.52. The Labute approximate surface area is 177 Å². The third kappa shape index (κ3) is 3.70. The van der Waals surface area contributed by atoms with Crippen molar-refractivity contribution < 1.29 is 14.4 Å². The van der Waals surface area contributed by atoms with E-state index >= 15 is 0 Å². The van der Waals surface area contributed by atoms with Crippen LogP contribution in [0.5, 0.6) is 0 Å². The molecule has 4 rings (SSSR count). The second-order valence-electron chi connectivity index (χ2n) is 7.31. The quantitative estimate of drug-likeness (QED) is 0.753. The predicted molar refractivity (Wildman–Crippen MR) is 112 cm³/mol. The highest BCUT2D eigenvalue weighted by Crippen LogP contribution is 2.30. The maximum absolute atomic E-state index is 12.9. The summed E-state index contributed by atoms with van der Waals surface area (Å²) in [4.78, 5) is 42.9. The van der Waals surface area contributed by atoms with Crippen molar-refractivity contribution in [3.63, 3.8) is 0 Å². The highest BCUT2D eigenvalue weighted by atomic mass is 35.5. The zero-order valence-electron chi connectivity index (χ0n) is 15.9. The normalized spacial score (nSPS) is 22.2. The van der Waals surface area contributed by atoms with E-state index in [-0.39, 0.29) is 12.5 Å². The molecule has 1 N–H and O–H groups in total. The number of halogens is 1. The van der Waals surface area contributed by atoms with Crippen LogP contribution in [0.3, 0.4) is 0 Å². The molecule has 3 heterocycles. The van der Waals surface area contributed by atoms with Crippen LogP contribution in [0.2, 0.25) is 5.02 Å². The summed E-state index contributed by atoms with van der Waals surface area (Å²) in [5.41, 5.74) is 0.624. The first-order valence-electron chi connectivity index (χ1n) is 9.33. The standard InChI is InChI=1S/C20H21ClN4O3S/c1-20(14-5-10-29-13-14)18(27)25(19(28)22-20)12-17(26)24-8-6-23(7-9-24)16-4-2-3-15(21)11-16/h2-5,10-11,13H,6-9,12H2,1H3,(H,22,28). The summed E-state index contributed by atoms with van der Waals surface area (Å²) in [5.74, 6) is -0.624. The van der Waals surface area contributed by atoms with Crippen molar-refractivity contribution in [2.24, 2.45) is 0 Å². The zero-order chi connectivity index (χ0) is 20.6. The molecular weight excluding hydrogens is 412 g/mol. The summed E-state index contributed by atoms with van der Waals surface area (Å²) >= 11 is 7.51. The van der Waals surface area contributed by atoms with Crippen molar-refractivity contribution in [3.8, 4) is 0 Å². The Morgan fingerprint density at radius 1 is 1.21 bits per heavy atom. The zero-order valence-corrected chi connectivity index (χ0v) is 17.5. The van der Waals surface area contributed by atoms with Gasteiger partial charge in [-0.2, -0.15) is 11.3 Å². The van der Waals surface area contributed by atoms with Gasteiger partial charge in [-0.1, -0.05) is 17.7 Å². The molecule has 2 saturated heterocycles. The predicted octanol–water partition coefficient (Wildman–Crippen LogP) is 2.52. The van der Waals surface area contributed by atoms with Crippen molar-refractivity contribution in [2.75, 3.05) is 37.6 Å². The SMILES string of the molecule is CC1(c2ccsc2)NC(=O)N(CC(=O)N2CCN(c3cccc(Cl)c3)CC2)C1=O. The van der Waals surface area contributed by atoms with E-state index in [9.17, 15) is 14.4 Å². The van der Waals surface area contributed by atoms with E-state index in [4.69, 9.17) is 11.6 Å². The molecular formula is C20H21ClN4O3S. The van der Waals surface area contributed by atoms with Gasteiger partial charge >= 0.3 is 6.03 Å². The van der Waals surface area contributed by atoms with Gasteiger partial charge < -0.3 is 15.1 Å². The molecule has 2 aromatic rings. The van der Waals surface area contributed by atoms with Gasteiger partial charge in [-0.3, -0.25) is 14.5 Å². The van der Waals surface area contributed by atoms with Crippen molar-refractivity contribution >= 4 is 46.5 Å². The number of hydrogen-bond acceptors (Lipinski definition) is 5. The number of carbonyl (C=O) groups excluding carboxylic acids is 3. The van der Waals surface area contributed by atoms with Crippen molar-refractivity contribution in [2.45, 2.75) is 12.5 Å². The molecule has 9 heteroatoms. The van der Waals surface area contributed by atoms with Crippen molar-refractivity contribution in [3.05, 3.63) is 51.7 Å². The van der Waals surface area contributed by atoms with Crippen LogP contribution in [0.1, 0.15) is 12.5 Å². The summed E-state index contributed by atoms with van der Waals surface area (Å²) < 4.78 is 0. The molecule has 1 aromatic carbocycles. The van der Waals surface area contributed by atoms with E-state index in [0.29, 0.717) is 31.2 Å². The van der Waals surface area contributed by atoms with E-state index in [2.05, 4.69) is 10.2 Å². The van der Waals surface area contributed by atoms with Gasteiger partial charge in [0.25, 0.3) is 5.91 Å². The largest absolute Gasteiger partial charge is 0.368 e. The van der Waals surface area contributed by atoms with Crippen molar-refractivity contribution in [1.82, 2.24) is 15.1 Å². The second-order valence-corrected chi connectivity index (χ2v) is 8.52. The van der Waals surface area contributed by atoms with E-state index in [1.807, 2.05) is 41.1 Å². The molecule has 1 aromatic heterocycles. The molecule has 0 radical (unpaired) electrons. The maximum atomic E-state index is 12.9. The molecule has 4 amide bonds. The smallest absolute Gasteiger partial charge is 0.325 e. The summed E-state index contributed by atoms with van der Waals surface area (Å²) in [6.45, 7) is 3.80. The highest BCUT2D eigenvalue weighted by molar-refractivity contribution is 7.08. The van der Waals surface area contributed by atoms with Crippen LogP contribution >= 0.6 is 22.9 Å². The maximum Gasteiger partial charge on any atom is 0.325 e. The Bertz CT molecular complexity index is 943. The minimum atomic E-state index is -1.12. The van der Waals surface area contributed by atoms with Crippen LogP contribution in [0.25, 0.3) is 0 Å². The fourth-order valence-corrected chi connectivity index (χ4v) is 4.66. The number of carbonyl (C=O) groups is 3. The number of rotatable bonds is 4. The fraction of sp³-hybridized carbons (Fsp3) is 0.350. The first kappa shape index (κ1) is 19.7. The lowest BCUT2D eigenvalue weighted by molar-refractivity contribution is -0.139. The van der Waals surface area contributed by atoms with Gasteiger partial charge in [-0.05, 0) is 47.5 Å². The molecule has 2 fully saturated rings. The van der Waals surface area contributed by atoms with Crippen LogP contribution in [-0.2, 0) is 15.1 Å². The van der Waals surface area contributed by atoms with Crippen LogP contribution in [0.4, 0.5) is 10.5 Å². The number of nitrogens with zero attached hydrogens (tertiary/aromatic N) is 3.